The van der Waals surface area contributed by atoms with Crippen LogP contribution in [0.1, 0.15) is 249 Å². The molecular weight excluding hydrogens is 884 g/mol. The maximum absolute atomic E-state index is 2.56. The summed E-state index contributed by atoms with van der Waals surface area (Å²) in [7, 11) is 2.17. The van der Waals surface area contributed by atoms with Crippen molar-refractivity contribution in [2.75, 3.05) is 13.6 Å². The van der Waals surface area contributed by atoms with Crippen molar-refractivity contribution in [2.24, 2.45) is 0 Å². The number of hydrogen-bond acceptors (Lipinski definition) is 4. The number of rotatable bonds is 5. The van der Waals surface area contributed by atoms with Crippen molar-refractivity contribution < 1.29 is 0 Å². The summed E-state index contributed by atoms with van der Waals surface area (Å²) in [5.74, 6) is 0. The lowest BCUT2D eigenvalue weighted by Gasteiger charge is -2.53. The third-order valence-corrected chi connectivity index (χ3v) is 13.2. The molecule has 422 valence electrons. The molecule has 3 aromatic rings. The minimum atomic E-state index is 0.146. The fourth-order valence-corrected chi connectivity index (χ4v) is 13.3. The predicted octanol–water partition coefficient (Wildman–Crippen LogP) is 19.7. The predicted molar refractivity (Wildman–Crippen MR) is 339 cm³/mol. The lowest BCUT2D eigenvalue weighted by molar-refractivity contribution is -0.0403. The van der Waals surface area contributed by atoms with E-state index in [2.05, 4.69) is 355 Å². The lowest BCUT2D eigenvalue weighted by atomic mass is 9.20. The van der Waals surface area contributed by atoms with Gasteiger partial charge in [-0.15, -0.1) is 0 Å². The van der Waals surface area contributed by atoms with Gasteiger partial charge in [0.05, 0.1) is 0 Å². The molecule has 5 heteroatoms. The van der Waals surface area contributed by atoms with Gasteiger partial charge in [0.15, 0.2) is 6.71 Å². The Morgan fingerprint density at radius 2 is 0.630 bits per heavy atom. The van der Waals surface area contributed by atoms with E-state index in [1.54, 1.807) is 0 Å². The first kappa shape index (κ1) is 72.6. The Morgan fingerprint density at radius 3 is 0.753 bits per heavy atom. The molecule has 0 aliphatic carbocycles. The van der Waals surface area contributed by atoms with Crippen LogP contribution < -0.4 is 5.46 Å². The summed E-state index contributed by atoms with van der Waals surface area (Å²) in [5.41, 5.74) is 9.06. The Hall–Kier alpha value is -2.44. The van der Waals surface area contributed by atoms with E-state index in [-0.39, 0.29) is 60.5 Å². The van der Waals surface area contributed by atoms with Gasteiger partial charge in [-0.2, -0.15) is 0 Å². The zero-order chi connectivity index (χ0) is 58.8. The minimum absolute atomic E-state index is 0.146. The molecule has 0 saturated carbocycles. The Morgan fingerprint density at radius 1 is 0.356 bits per heavy atom. The molecule has 0 spiro atoms. The molecule has 0 aliphatic rings. The average Bonchev–Trinajstić information content (AvgIpc) is 3.10. The van der Waals surface area contributed by atoms with Crippen LogP contribution in [0.25, 0.3) is 22.3 Å². The molecule has 3 aromatic carbocycles. The first-order valence-corrected chi connectivity index (χ1v) is 28.3. The van der Waals surface area contributed by atoms with E-state index in [4.69, 9.17) is 0 Å². The summed E-state index contributed by atoms with van der Waals surface area (Å²) in [6.07, 6.45) is 0. The summed E-state index contributed by atoms with van der Waals surface area (Å²) < 4.78 is 0. The highest BCUT2D eigenvalue weighted by Crippen LogP contribution is 2.44. The maximum atomic E-state index is 2.56. The van der Waals surface area contributed by atoms with Crippen molar-refractivity contribution in [3.63, 3.8) is 0 Å². The van der Waals surface area contributed by atoms with Gasteiger partial charge in [-0.1, -0.05) is 143 Å². The standard InChI is InChI=1S/C26H31B.C12H27N.C11H25N.C10H23N.C9H21N/c1-25(2,3)27(26(4,5)6)24-22(20-14-9-7-10-15-20)18-13-19-23(24)21-16-11-8-12-17-21;1-10(2,3)13(11(4,5)6)12(7,8)9;1-9(2)12(10(3,4)5)11(6,7)8;1-8-11(9(2,3)4)10(5,6)7;1-8(2,3)10(7)9(4,5)6/h7-19H,1-6H3;1-9H3;9H,1-8H3;8H2,1-7H3;1-7H3. The monoisotopic (exact) mass is 1010 g/mol. The molecule has 4 nitrogen and oxygen atoms in total. The van der Waals surface area contributed by atoms with Gasteiger partial charge in [0.1, 0.15) is 0 Å². The summed E-state index contributed by atoms with van der Waals surface area (Å²) in [5, 5.41) is 0.291. The largest absolute Gasteiger partial charge is 0.297 e. The minimum Gasteiger partial charge on any atom is -0.297 e. The van der Waals surface area contributed by atoms with Gasteiger partial charge in [-0.25, -0.2) is 0 Å². The van der Waals surface area contributed by atoms with E-state index in [0.29, 0.717) is 12.8 Å². The zero-order valence-electron chi connectivity index (χ0n) is 56.2. The molecule has 0 amide bonds. The number of hydrogen-bond donors (Lipinski definition) is 0. The maximum Gasteiger partial charge on any atom is 0.188 e. The highest BCUT2D eigenvalue weighted by Gasteiger charge is 2.43. The highest BCUT2D eigenvalue weighted by molar-refractivity contribution is 6.80. The van der Waals surface area contributed by atoms with Crippen molar-refractivity contribution in [1.29, 1.82) is 0 Å². The molecule has 0 aromatic heterocycles. The van der Waals surface area contributed by atoms with Gasteiger partial charge in [-0.05, 0) is 237 Å². The Labute approximate surface area is 460 Å². The molecule has 73 heavy (non-hydrogen) atoms. The quantitative estimate of drug-likeness (QED) is 0.236. The molecular formula is C68H127BN4. The van der Waals surface area contributed by atoms with Crippen LogP contribution in [-0.2, 0) is 0 Å². The molecule has 0 heterocycles. The van der Waals surface area contributed by atoms with Crippen LogP contribution in [0.5, 0.6) is 0 Å². The van der Waals surface area contributed by atoms with Gasteiger partial charge >= 0.3 is 0 Å². The second-order valence-electron chi connectivity index (χ2n) is 32.3. The Bertz CT molecular complexity index is 1820. The first-order valence-electron chi connectivity index (χ1n) is 28.3. The number of nitrogens with zero attached hydrogens (tertiary/aromatic N) is 4. The van der Waals surface area contributed by atoms with Gasteiger partial charge in [-0.3, -0.25) is 19.6 Å². The molecule has 0 unspecified atom stereocenters. The molecule has 0 radical (unpaired) electrons. The fourth-order valence-electron chi connectivity index (χ4n) is 13.3. The van der Waals surface area contributed by atoms with Crippen LogP contribution >= 0.6 is 0 Å². The fraction of sp³-hybridized carbons (Fsp3) is 0.735. The number of benzene rings is 3. The Kier molecular flexibility index (Phi) is 26.6. The SMILES string of the molecule is CC(C)(C)B(c1c(-c2ccccc2)cccc1-c1ccccc1)C(C)(C)C.CC(C)(C)N(C(C)(C)C)C(C)(C)C.CC(C)N(C(C)(C)C)C(C)(C)C.CCN(C(C)(C)C)C(C)(C)C.CN(C(C)(C)C)C(C)(C)C. The molecule has 0 atom stereocenters. The second kappa shape index (κ2) is 26.8. The van der Waals surface area contributed by atoms with Crippen molar-refractivity contribution >= 4 is 12.2 Å². The average molecular weight is 1010 g/mol. The molecule has 3 rings (SSSR count). The van der Waals surface area contributed by atoms with Crippen LogP contribution in [0.4, 0.5) is 0 Å². The smallest absolute Gasteiger partial charge is 0.188 e. The van der Waals surface area contributed by atoms with E-state index in [9.17, 15) is 0 Å². The summed E-state index contributed by atoms with van der Waals surface area (Å²) in [4.78, 5) is 9.98. The van der Waals surface area contributed by atoms with E-state index in [0.717, 1.165) is 6.54 Å². The molecule has 0 bridgehead atoms. The van der Waals surface area contributed by atoms with E-state index < -0.39 is 0 Å². The lowest BCUT2D eigenvalue weighted by Crippen LogP contribution is -2.60. The summed E-state index contributed by atoms with van der Waals surface area (Å²) in [6, 6.07) is 29.1. The van der Waals surface area contributed by atoms with E-state index in [1.165, 1.54) is 27.7 Å². The Balaban J connectivity index is 0. The van der Waals surface area contributed by atoms with Crippen LogP contribution in [0.15, 0.2) is 78.9 Å². The molecule has 0 fully saturated rings. The first-order chi connectivity index (χ1) is 32.0. The van der Waals surface area contributed by atoms with Crippen LogP contribution in [-0.4, -0.2) is 95.8 Å². The summed E-state index contributed by atoms with van der Waals surface area (Å²) in [6.45, 7) is 83.7. The third kappa shape index (κ3) is 25.5. The van der Waals surface area contributed by atoms with Gasteiger partial charge in [0.25, 0.3) is 0 Å². The van der Waals surface area contributed by atoms with Crippen molar-refractivity contribution in [1.82, 2.24) is 19.6 Å². The topological polar surface area (TPSA) is 13.0 Å². The summed E-state index contributed by atoms with van der Waals surface area (Å²) >= 11 is 0. The van der Waals surface area contributed by atoms with Crippen molar-refractivity contribution in [2.45, 2.75) is 316 Å². The van der Waals surface area contributed by atoms with Crippen LogP contribution in [0, 0.1) is 0 Å². The highest BCUT2D eigenvalue weighted by atomic mass is 15.3. The van der Waals surface area contributed by atoms with Gasteiger partial charge in [0.2, 0.25) is 0 Å². The second-order valence-corrected chi connectivity index (χ2v) is 32.3. The molecule has 0 N–H and O–H groups in total. The van der Waals surface area contributed by atoms with Crippen molar-refractivity contribution in [3.05, 3.63) is 78.9 Å². The molecule has 0 aliphatic heterocycles. The van der Waals surface area contributed by atoms with Crippen LogP contribution in [0.3, 0.4) is 0 Å². The molecule has 0 saturated heterocycles. The van der Waals surface area contributed by atoms with Gasteiger partial charge in [0, 0.05) is 55.9 Å². The normalized spacial score (nSPS) is 13.7. The van der Waals surface area contributed by atoms with E-state index in [1.807, 2.05) is 0 Å². The third-order valence-electron chi connectivity index (χ3n) is 13.2. The van der Waals surface area contributed by atoms with E-state index >= 15 is 0 Å². The van der Waals surface area contributed by atoms with Crippen LogP contribution in [0.2, 0.25) is 10.6 Å². The van der Waals surface area contributed by atoms with Gasteiger partial charge < -0.3 is 0 Å². The zero-order valence-corrected chi connectivity index (χ0v) is 56.2. The van der Waals surface area contributed by atoms with Crippen molar-refractivity contribution in [3.8, 4) is 22.3 Å².